The van der Waals surface area contributed by atoms with Gasteiger partial charge in [-0.15, -0.1) is 11.3 Å². The fraction of sp³-hybridized carbons (Fsp3) is 0.320. The largest absolute Gasteiger partial charge is 0.491 e. The van der Waals surface area contributed by atoms with Gasteiger partial charge in [0.05, 0.1) is 17.5 Å². The summed E-state index contributed by atoms with van der Waals surface area (Å²) in [7, 11) is -3.81. The van der Waals surface area contributed by atoms with E-state index in [-0.39, 0.29) is 36.5 Å². The van der Waals surface area contributed by atoms with E-state index >= 15 is 0 Å². The molecule has 0 saturated carbocycles. The Labute approximate surface area is 203 Å². The molecule has 4 rings (SSSR count). The fourth-order valence-electron chi connectivity index (χ4n) is 4.07. The second kappa shape index (κ2) is 10.2. The molecule has 0 unspecified atom stereocenters. The molecule has 6 nitrogen and oxygen atoms in total. The minimum Gasteiger partial charge on any atom is -0.491 e. The lowest BCUT2D eigenvalue weighted by molar-refractivity contribution is -0.135. The smallest absolute Gasteiger partial charge is 0.243 e. The van der Waals surface area contributed by atoms with Crippen LogP contribution in [0.1, 0.15) is 29.0 Å². The minimum absolute atomic E-state index is 0.149. The number of rotatable bonds is 8. The SMILES string of the molecule is CCN(CC(=O)N1CCc2sccc2[C@@H]1COc1cccc(F)c1)S(=O)(=O)c1ccc(C)cc1. The Morgan fingerprint density at radius 2 is 1.97 bits per heavy atom. The first-order chi connectivity index (χ1) is 16.3. The predicted molar refractivity (Wildman–Crippen MR) is 130 cm³/mol. The van der Waals surface area contributed by atoms with Gasteiger partial charge >= 0.3 is 0 Å². The third-order valence-electron chi connectivity index (χ3n) is 5.94. The van der Waals surface area contributed by atoms with Crippen LogP contribution < -0.4 is 4.74 Å². The molecular formula is C25H27FN2O4S2. The highest BCUT2D eigenvalue weighted by molar-refractivity contribution is 7.89. The van der Waals surface area contributed by atoms with Gasteiger partial charge in [-0.05, 0) is 54.6 Å². The van der Waals surface area contributed by atoms with E-state index in [4.69, 9.17) is 4.74 Å². The van der Waals surface area contributed by atoms with Gasteiger partial charge in [-0.2, -0.15) is 4.31 Å². The number of hydrogen-bond acceptors (Lipinski definition) is 5. The van der Waals surface area contributed by atoms with Crippen LogP contribution in [0.25, 0.3) is 0 Å². The summed E-state index contributed by atoms with van der Waals surface area (Å²) in [6.45, 7) is 4.13. The van der Waals surface area contributed by atoms with Crippen molar-refractivity contribution in [3.8, 4) is 5.75 Å². The van der Waals surface area contributed by atoms with Crippen molar-refractivity contribution < 1.29 is 22.3 Å². The number of ether oxygens (including phenoxy) is 1. The zero-order valence-electron chi connectivity index (χ0n) is 19.1. The summed E-state index contributed by atoms with van der Waals surface area (Å²) in [5.74, 6) is -0.306. The molecule has 1 aromatic heterocycles. The molecule has 0 aliphatic carbocycles. The number of carbonyl (C=O) groups excluding carboxylic acids is 1. The van der Waals surface area contributed by atoms with Crippen LogP contribution >= 0.6 is 11.3 Å². The Hall–Kier alpha value is -2.75. The van der Waals surface area contributed by atoms with E-state index in [1.807, 2.05) is 18.4 Å². The summed E-state index contributed by atoms with van der Waals surface area (Å²) < 4.78 is 47.0. The van der Waals surface area contributed by atoms with Gasteiger partial charge in [0.2, 0.25) is 15.9 Å². The zero-order chi connectivity index (χ0) is 24.3. The summed E-state index contributed by atoms with van der Waals surface area (Å²) >= 11 is 1.63. The monoisotopic (exact) mass is 502 g/mol. The van der Waals surface area contributed by atoms with Crippen molar-refractivity contribution in [1.29, 1.82) is 0 Å². The van der Waals surface area contributed by atoms with E-state index < -0.39 is 15.8 Å². The van der Waals surface area contributed by atoms with Crippen LogP contribution in [-0.2, 0) is 21.2 Å². The average Bonchev–Trinajstić information content (AvgIpc) is 3.30. The Balaban J connectivity index is 1.54. The van der Waals surface area contributed by atoms with Crippen molar-refractivity contribution in [1.82, 2.24) is 9.21 Å². The summed E-state index contributed by atoms with van der Waals surface area (Å²) in [5.41, 5.74) is 1.95. The van der Waals surface area contributed by atoms with Crippen LogP contribution in [0.15, 0.2) is 64.9 Å². The van der Waals surface area contributed by atoms with Gasteiger partial charge in [-0.3, -0.25) is 4.79 Å². The number of benzene rings is 2. The molecule has 1 aliphatic heterocycles. The lowest BCUT2D eigenvalue weighted by Gasteiger charge is -2.36. The predicted octanol–water partition coefficient (Wildman–Crippen LogP) is 4.41. The minimum atomic E-state index is -3.81. The maximum absolute atomic E-state index is 13.6. The van der Waals surface area contributed by atoms with Crippen molar-refractivity contribution in [2.24, 2.45) is 0 Å². The molecule has 180 valence electrons. The molecule has 0 saturated heterocycles. The van der Waals surface area contributed by atoms with E-state index in [0.29, 0.717) is 18.7 Å². The first-order valence-electron chi connectivity index (χ1n) is 11.1. The number of hydrogen-bond donors (Lipinski definition) is 0. The molecule has 2 heterocycles. The molecule has 1 amide bonds. The Kier molecular flexibility index (Phi) is 7.35. The highest BCUT2D eigenvalue weighted by Gasteiger charge is 2.34. The zero-order valence-corrected chi connectivity index (χ0v) is 20.7. The van der Waals surface area contributed by atoms with Crippen molar-refractivity contribution in [3.05, 3.63) is 81.8 Å². The summed E-state index contributed by atoms with van der Waals surface area (Å²) in [6, 6.07) is 14.1. The lowest BCUT2D eigenvalue weighted by atomic mass is 10.0. The molecule has 1 atom stereocenters. The maximum Gasteiger partial charge on any atom is 0.243 e. The van der Waals surface area contributed by atoms with E-state index in [0.717, 1.165) is 11.1 Å². The number of amides is 1. The number of sulfonamides is 1. The van der Waals surface area contributed by atoms with Gasteiger partial charge in [0, 0.05) is 24.0 Å². The molecule has 0 N–H and O–H groups in total. The third kappa shape index (κ3) is 5.16. The maximum atomic E-state index is 13.6. The molecule has 9 heteroatoms. The topological polar surface area (TPSA) is 66.9 Å². The second-order valence-electron chi connectivity index (χ2n) is 8.16. The number of fused-ring (bicyclic) bond motifs is 1. The van der Waals surface area contributed by atoms with Crippen molar-refractivity contribution >= 4 is 27.3 Å². The molecule has 0 bridgehead atoms. The number of aryl methyl sites for hydroxylation is 1. The highest BCUT2D eigenvalue weighted by atomic mass is 32.2. The van der Waals surface area contributed by atoms with Gasteiger partial charge in [0.25, 0.3) is 0 Å². The van der Waals surface area contributed by atoms with Gasteiger partial charge in [0.1, 0.15) is 18.2 Å². The number of thiophene rings is 1. The fourth-order valence-corrected chi connectivity index (χ4v) is 6.40. The third-order valence-corrected chi connectivity index (χ3v) is 8.87. The summed E-state index contributed by atoms with van der Waals surface area (Å²) in [4.78, 5) is 16.4. The molecule has 0 spiro atoms. The van der Waals surface area contributed by atoms with Crippen LogP contribution in [0.3, 0.4) is 0 Å². The molecule has 2 aromatic carbocycles. The van der Waals surface area contributed by atoms with Crippen LogP contribution in [0, 0.1) is 12.7 Å². The summed E-state index contributed by atoms with van der Waals surface area (Å²) in [6.07, 6.45) is 0.700. The molecule has 34 heavy (non-hydrogen) atoms. The first kappa shape index (κ1) is 24.4. The standard InChI is InChI=1S/C25H27FN2O4S2/c1-3-27(34(30,31)21-9-7-18(2)8-10-21)16-25(29)28-13-11-24-22(12-14-33-24)23(28)17-32-20-6-4-5-19(26)15-20/h4-10,12,14-15,23H,3,11,13,16-17H2,1-2H3/t23-/m0/s1. The Bertz CT molecular complexity index is 1260. The van der Waals surface area contributed by atoms with Crippen LogP contribution in [0.2, 0.25) is 0 Å². The van der Waals surface area contributed by atoms with Crippen LogP contribution in [0.5, 0.6) is 5.75 Å². The van der Waals surface area contributed by atoms with Crippen LogP contribution in [-0.4, -0.2) is 49.8 Å². The Morgan fingerprint density at radius 1 is 1.21 bits per heavy atom. The van der Waals surface area contributed by atoms with Gasteiger partial charge in [0.15, 0.2) is 0 Å². The Morgan fingerprint density at radius 3 is 2.68 bits per heavy atom. The van der Waals surface area contributed by atoms with E-state index in [9.17, 15) is 17.6 Å². The van der Waals surface area contributed by atoms with Gasteiger partial charge < -0.3 is 9.64 Å². The lowest BCUT2D eigenvalue weighted by Crippen LogP contribution is -2.47. The number of halogens is 1. The highest BCUT2D eigenvalue weighted by Crippen LogP contribution is 2.34. The van der Waals surface area contributed by atoms with E-state index in [2.05, 4.69) is 0 Å². The molecule has 0 fully saturated rings. The molecular weight excluding hydrogens is 475 g/mol. The van der Waals surface area contributed by atoms with E-state index in [1.165, 1.54) is 21.3 Å². The van der Waals surface area contributed by atoms with Crippen molar-refractivity contribution in [2.45, 2.75) is 31.2 Å². The van der Waals surface area contributed by atoms with Gasteiger partial charge in [-0.25, -0.2) is 12.8 Å². The van der Waals surface area contributed by atoms with Gasteiger partial charge in [-0.1, -0.05) is 30.7 Å². The normalized spacial score (nSPS) is 15.9. The van der Waals surface area contributed by atoms with Crippen molar-refractivity contribution in [2.75, 3.05) is 26.2 Å². The molecule has 0 radical (unpaired) electrons. The molecule has 1 aliphatic rings. The molecule has 3 aromatic rings. The number of carbonyl (C=O) groups is 1. The van der Waals surface area contributed by atoms with Crippen molar-refractivity contribution in [3.63, 3.8) is 0 Å². The second-order valence-corrected chi connectivity index (χ2v) is 11.1. The van der Waals surface area contributed by atoms with E-state index in [1.54, 1.807) is 59.6 Å². The number of likely N-dealkylation sites (N-methyl/N-ethyl adjacent to an activating group) is 1. The van der Waals surface area contributed by atoms with Crippen LogP contribution in [0.4, 0.5) is 4.39 Å². The average molecular weight is 503 g/mol. The first-order valence-corrected chi connectivity index (χ1v) is 13.4. The number of nitrogens with zero attached hydrogens (tertiary/aromatic N) is 2. The quantitative estimate of drug-likeness (QED) is 0.458. The summed E-state index contributed by atoms with van der Waals surface area (Å²) in [5, 5.41) is 1.98.